The zero-order chi connectivity index (χ0) is 18.0. The first-order valence-electron chi connectivity index (χ1n) is 7.63. The van der Waals surface area contributed by atoms with Crippen molar-refractivity contribution in [3.8, 4) is 45.4 Å². The Balaban J connectivity index is 2.11. The van der Waals surface area contributed by atoms with Gasteiger partial charge in [-0.1, -0.05) is 11.2 Å². The van der Waals surface area contributed by atoms with Crippen molar-refractivity contribution in [1.82, 2.24) is 5.16 Å². The van der Waals surface area contributed by atoms with Crippen LogP contribution >= 0.6 is 0 Å². The van der Waals surface area contributed by atoms with Crippen LogP contribution in [0.3, 0.4) is 0 Å². The van der Waals surface area contributed by atoms with E-state index in [-0.39, 0.29) is 5.75 Å². The number of rotatable bonds is 5. The van der Waals surface area contributed by atoms with E-state index in [0.29, 0.717) is 22.9 Å². The SMILES string of the molecule is COc1ccc(-c2conc2-c2cc(C)c(OC)c(OC)c2)cc1O. The average Bonchev–Trinajstić information content (AvgIpc) is 3.10. The lowest BCUT2D eigenvalue weighted by atomic mass is 9.99. The van der Waals surface area contributed by atoms with Crippen molar-refractivity contribution in [2.45, 2.75) is 6.92 Å². The van der Waals surface area contributed by atoms with Crippen molar-refractivity contribution < 1.29 is 23.8 Å². The van der Waals surface area contributed by atoms with Crippen molar-refractivity contribution in [3.63, 3.8) is 0 Å². The number of aromatic hydroxyl groups is 1. The average molecular weight is 341 g/mol. The summed E-state index contributed by atoms with van der Waals surface area (Å²) in [6.07, 6.45) is 1.54. The van der Waals surface area contributed by atoms with Gasteiger partial charge in [0.05, 0.1) is 21.3 Å². The summed E-state index contributed by atoms with van der Waals surface area (Å²) < 4.78 is 21.1. The number of hydrogen-bond acceptors (Lipinski definition) is 6. The maximum Gasteiger partial charge on any atom is 0.163 e. The van der Waals surface area contributed by atoms with Gasteiger partial charge in [-0.15, -0.1) is 0 Å². The summed E-state index contributed by atoms with van der Waals surface area (Å²) >= 11 is 0. The van der Waals surface area contributed by atoms with Crippen LogP contribution in [0.4, 0.5) is 0 Å². The molecule has 6 heteroatoms. The fourth-order valence-corrected chi connectivity index (χ4v) is 2.80. The highest BCUT2D eigenvalue weighted by Gasteiger charge is 2.17. The highest BCUT2D eigenvalue weighted by Crippen LogP contribution is 2.40. The molecule has 6 nitrogen and oxygen atoms in total. The van der Waals surface area contributed by atoms with E-state index in [1.165, 1.54) is 7.11 Å². The molecule has 130 valence electrons. The molecule has 0 fully saturated rings. The van der Waals surface area contributed by atoms with Gasteiger partial charge >= 0.3 is 0 Å². The molecule has 25 heavy (non-hydrogen) atoms. The molecule has 3 rings (SSSR count). The van der Waals surface area contributed by atoms with Gasteiger partial charge in [-0.25, -0.2) is 0 Å². The smallest absolute Gasteiger partial charge is 0.163 e. The molecule has 2 aromatic carbocycles. The van der Waals surface area contributed by atoms with Crippen LogP contribution in [0.1, 0.15) is 5.56 Å². The highest BCUT2D eigenvalue weighted by atomic mass is 16.5. The second-order valence-corrected chi connectivity index (χ2v) is 5.49. The standard InChI is InChI=1S/C19H19NO5/c1-11-7-13(9-17(23-3)19(11)24-4)18-14(10-25-20-18)12-5-6-16(22-2)15(21)8-12/h5-10,21H,1-4H3. The number of benzene rings is 2. The van der Waals surface area contributed by atoms with Crippen molar-refractivity contribution >= 4 is 0 Å². The van der Waals surface area contributed by atoms with E-state index in [9.17, 15) is 5.11 Å². The molecule has 0 aliphatic carbocycles. The van der Waals surface area contributed by atoms with Crippen LogP contribution in [0.25, 0.3) is 22.4 Å². The molecule has 0 aliphatic heterocycles. The van der Waals surface area contributed by atoms with Crippen molar-refractivity contribution in [2.24, 2.45) is 0 Å². The zero-order valence-corrected chi connectivity index (χ0v) is 14.5. The fraction of sp³-hybridized carbons (Fsp3) is 0.211. The number of hydrogen-bond donors (Lipinski definition) is 1. The monoisotopic (exact) mass is 341 g/mol. The number of phenolic OH excluding ortho intramolecular Hbond substituents is 1. The van der Waals surface area contributed by atoms with E-state index < -0.39 is 0 Å². The molecule has 0 aliphatic rings. The normalized spacial score (nSPS) is 10.6. The number of ether oxygens (including phenoxy) is 3. The van der Waals surface area contributed by atoms with Gasteiger partial charge in [-0.05, 0) is 42.3 Å². The molecule has 3 aromatic rings. The molecule has 0 unspecified atom stereocenters. The van der Waals surface area contributed by atoms with E-state index in [0.717, 1.165) is 22.3 Å². The maximum absolute atomic E-state index is 10.0. The largest absolute Gasteiger partial charge is 0.504 e. The summed E-state index contributed by atoms with van der Waals surface area (Å²) in [5.41, 5.74) is 3.91. The third-order valence-electron chi connectivity index (χ3n) is 4.00. The highest BCUT2D eigenvalue weighted by molar-refractivity contribution is 5.82. The summed E-state index contributed by atoms with van der Waals surface area (Å²) in [6, 6.07) is 8.94. The molecule has 0 radical (unpaired) electrons. The van der Waals surface area contributed by atoms with Gasteiger partial charge in [-0.3, -0.25) is 0 Å². The van der Waals surface area contributed by atoms with Gasteiger partial charge in [0.2, 0.25) is 0 Å². The molecule has 0 saturated carbocycles. The lowest BCUT2D eigenvalue weighted by Crippen LogP contribution is -1.95. The van der Waals surface area contributed by atoms with Gasteiger partial charge in [-0.2, -0.15) is 0 Å². The zero-order valence-electron chi connectivity index (χ0n) is 14.5. The third kappa shape index (κ3) is 2.98. The van der Waals surface area contributed by atoms with Crippen LogP contribution in [0.15, 0.2) is 41.1 Å². The van der Waals surface area contributed by atoms with Crippen molar-refractivity contribution in [3.05, 3.63) is 42.2 Å². The summed E-state index contributed by atoms with van der Waals surface area (Å²) in [7, 11) is 4.70. The Morgan fingerprint density at radius 2 is 1.68 bits per heavy atom. The van der Waals surface area contributed by atoms with Gasteiger partial charge in [0.15, 0.2) is 23.0 Å². The van der Waals surface area contributed by atoms with Gasteiger partial charge in [0.25, 0.3) is 0 Å². The minimum absolute atomic E-state index is 0.0515. The maximum atomic E-state index is 10.0. The first kappa shape index (κ1) is 16.7. The fourth-order valence-electron chi connectivity index (χ4n) is 2.80. The van der Waals surface area contributed by atoms with Crippen LogP contribution < -0.4 is 14.2 Å². The van der Waals surface area contributed by atoms with Crippen molar-refractivity contribution in [1.29, 1.82) is 0 Å². The Hall–Kier alpha value is -3.15. The number of aromatic nitrogens is 1. The van der Waals surface area contributed by atoms with E-state index in [1.54, 1.807) is 32.6 Å². The number of aryl methyl sites for hydroxylation is 1. The molecule has 1 aromatic heterocycles. The predicted octanol–water partition coefficient (Wildman–Crippen LogP) is 4.05. The Kier molecular flexibility index (Phi) is 4.52. The summed E-state index contributed by atoms with van der Waals surface area (Å²) in [5.74, 6) is 1.75. The molecule has 0 saturated heterocycles. The minimum atomic E-state index is 0.0515. The quantitative estimate of drug-likeness (QED) is 0.755. The summed E-state index contributed by atoms with van der Waals surface area (Å²) in [4.78, 5) is 0. The van der Waals surface area contributed by atoms with Crippen molar-refractivity contribution in [2.75, 3.05) is 21.3 Å². The molecule has 0 amide bonds. The molecular formula is C19H19NO5. The number of nitrogens with zero attached hydrogens (tertiary/aromatic N) is 1. The predicted molar refractivity (Wildman–Crippen MR) is 93.4 cm³/mol. The molecule has 0 atom stereocenters. The first-order chi connectivity index (χ1) is 12.1. The van der Waals surface area contributed by atoms with Crippen LogP contribution in [0.2, 0.25) is 0 Å². The Morgan fingerprint density at radius 1 is 0.920 bits per heavy atom. The number of phenols is 1. The van der Waals surface area contributed by atoms with Gasteiger partial charge in [0, 0.05) is 11.1 Å². The van der Waals surface area contributed by atoms with Crippen LogP contribution in [-0.2, 0) is 0 Å². The third-order valence-corrected chi connectivity index (χ3v) is 4.00. The first-order valence-corrected chi connectivity index (χ1v) is 7.63. The van der Waals surface area contributed by atoms with Gasteiger partial charge in [0.1, 0.15) is 12.0 Å². The Labute approximate surface area is 145 Å². The van der Waals surface area contributed by atoms with Crippen LogP contribution in [0.5, 0.6) is 23.0 Å². The summed E-state index contributed by atoms with van der Waals surface area (Å²) in [6.45, 7) is 1.93. The molecule has 1 heterocycles. The van der Waals surface area contributed by atoms with E-state index in [1.807, 2.05) is 25.1 Å². The van der Waals surface area contributed by atoms with Crippen LogP contribution in [0, 0.1) is 6.92 Å². The topological polar surface area (TPSA) is 74.0 Å². The van der Waals surface area contributed by atoms with Gasteiger partial charge < -0.3 is 23.8 Å². The lowest BCUT2D eigenvalue weighted by Gasteiger charge is -2.12. The van der Waals surface area contributed by atoms with E-state index >= 15 is 0 Å². The summed E-state index contributed by atoms with van der Waals surface area (Å²) in [5, 5.41) is 14.2. The van der Waals surface area contributed by atoms with E-state index in [2.05, 4.69) is 5.16 Å². The van der Waals surface area contributed by atoms with E-state index in [4.69, 9.17) is 18.7 Å². The molecule has 0 spiro atoms. The minimum Gasteiger partial charge on any atom is -0.504 e. The molecular weight excluding hydrogens is 322 g/mol. The molecule has 1 N–H and O–H groups in total. The lowest BCUT2D eigenvalue weighted by molar-refractivity contribution is 0.353. The molecule has 0 bridgehead atoms. The second kappa shape index (κ2) is 6.76. The number of methoxy groups -OCH3 is 3. The Bertz CT molecular complexity index is 901. The Morgan fingerprint density at radius 3 is 2.32 bits per heavy atom. The second-order valence-electron chi connectivity index (χ2n) is 5.49. The van der Waals surface area contributed by atoms with Crippen LogP contribution in [-0.4, -0.2) is 31.6 Å².